The first kappa shape index (κ1) is 22.0. The van der Waals surface area contributed by atoms with Crippen molar-refractivity contribution in [1.29, 1.82) is 0 Å². The topological polar surface area (TPSA) is 60.0 Å². The molecule has 2 fully saturated rings. The summed E-state index contributed by atoms with van der Waals surface area (Å²) in [5.74, 6) is 1.22. The van der Waals surface area contributed by atoms with E-state index >= 15 is 0 Å². The van der Waals surface area contributed by atoms with Gasteiger partial charge in [0.05, 0.1) is 6.54 Å². The van der Waals surface area contributed by atoms with Crippen LogP contribution >= 0.6 is 0 Å². The van der Waals surface area contributed by atoms with Crippen LogP contribution < -0.4 is 10.6 Å². The third-order valence-electron chi connectivity index (χ3n) is 5.97. The van der Waals surface area contributed by atoms with Crippen molar-refractivity contribution in [3.63, 3.8) is 0 Å². The van der Waals surface area contributed by atoms with Crippen LogP contribution in [0.4, 0.5) is 0 Å². The molecule has 0 aromatic rings. The van der Waals surface area contributed by atoms with Crippen molar-refractivity contribution in [3.8, 4) is 0 Å². The average molecular weight is 380 g/mol. The Labute approximate surface area is 166 Å². The molecule has 2 rings (SSSR count). The van der Waals surface area contributed by atoms with E-state index in [0.29, 0.717) is 11.9 Å². The number of hydrogen-bond acceptors (Lipinski definition) is 3. The molecule has 0 bridgehead atoms. The highest BCUT2D eigenvalue weighted by Crippen LogP contribution is 2.21. The van der Waals surface area contributed by atoms with Crippen molar-refractivity contribution in [2.24, 2.45) is 4.99 Å². The van der Waals surface area contributed by atoms with Gasteiger partial charge >= 0.3 is 0 Å². The van der Waals surface area contributed by atoms with Crippen LogP contribution in [0.25, 0.3) is 0 Å². The van der Waals surface area contributed by atoms with Crippen LogP contribution in [0.1, 0.15) is 72.6 Å². The zero-order valence-electron chi connectivity index (χ0n) is 18.0. The Morgan fingerprint density at radius 1 is 1.11 bits per heavy atom. The summed E-state index contributed by atoms with van der Waals surface area (Å²) < 4.78 is 0. The first-order valence-electron chi connectivity index (χ1n) is 11.0. The Kier molecular flexibility index (Phi) is 8.87. The second-order valence-electron chi connectivity index (χ2n) is 8.52. The minimum atomic E-state index is 0.0939. The van der Waals surface area contributed by atoms with Crippen LogP contribution in [-0.4, -0.2) is 72.5 Å². The second kappa shape index (κ2) is 10.9. The van der Waals surface area contributed by atoms with Gasteiger partial charge in [-0.1, -0.05) is 13.3 Å². The molecule has 2 N–H and O–H groups in total. The van der Waals surface area contributed by atoms with Crippen LogP contribution in [-0.2, 0) is 4.79 Å². The van der Waals surface area contributed by atoms with E-state index in [1.165, 1.54) is 32.4 Å². The highest BCUT2D eigenvalue weighted by molar-refractivity contribution is 5.80. The molecule has 6 nitrogen and oxygen atoms in total. The summed E-state index contributed by atoms with van der Waals surface area (Å²) in [5.41, 5.74) is 0.0939. The molecular formula is C21H41N5O. The third-order valence-corrected chi connectivity index (χ3v) is 5.97. The lowest BCUT2D eigenvalue weighted by molar-refractivity contribution is -0.129. The molecule has 0 aliphatic carbocycles. The molecule has 156 valence electrons. The van der Waals surface area contributed by atoms with Gasteiger partial charge < -0.3 is 15.5 Å². The zero-order valence-corrected chi connectivity index (χ0v) is 18.0. The molecule has 0 saturated carbocycles. The number of carbonyl (C=O) groups excluding carboxylic acids is 1. The number of nitrogens with zero attached hydrogens (tertiary/aromatic N) is 3. The molecule has 0 radical (unpaired) electrons. The van der Waals surface area contributed by atoms with Gasteiger partial charge in [0.1, 0.15) is 0 Å². The number of aliphatic imine (C=N–C) groups is 1. The lowest BCUT2D eigenvalue weighted by Gasteiger charge is -2.40. The monoisotopic (exact) mass is 379 g/mol. The predicted molar refractivity (Wildman–Crippen MR) is 113 cm³/mol. The van der Waals surface area contributed by atoms with E-state index in [1.807, 2.05) is 0 Å². The normalized spacial score (nSPS) is 20.8. The number of amides is 1. The molecule has 2 saturated heterocycles. The summed E-state index contributed by atoms with van der Waals surface area (Å²) in [6.07, 6.45) is 7.69. The number of guanidine groups is 1. The Hall–Kier alpha value is -1.30. The van der Waals surface area contributed by atoms with E-state index in [-0.39, 0.29) is 5.54 Å². The number of likely N-dealkylation sites (tertiary alicyclic amines) is 2. The van der Waals surface area contributed by atoms with Gasteiger partial charge in [0.25, 0.3) is 0 Å². The summed E-state index contributed by atoms with van der Waals surface area (Å²) in [4.78, 5) is 21.5. The first-order valence-corrected chi connectivity index (χ1v) is 11.0. The lowest BCUT2D eigenvalue weighted by Crippen LogP contribution is -2.49. The lowest BCUT2D eigenvalue weighted by atomic mass is 9.99. The summed E-state index contributed by atoms with van der Waals surface area (Å²) in [5, 5.41) is 6.85. The van der Waals surface area contributed by atoms with Crippen molar-refractivity contribution >= 4 is 11.9 Å². The maximum atomic E-state index is 12.0. The van der Waals surface area contributed by atoms with Crippen LogP contribution in [0.15, 0.2) is 4.99 Å². The number of piperidine rings is 1. The number of rotatable bonds is 9. The van der Waals surface area contributed by atoms with Crippen molar-refractivity contribution in [1.82, 2.24) is 20.4 Å². The van der Waals surface area contributed by atoms with E-state index in [4.69, 9.17) is 4.99 Å². The number of hydrogen-bond donors (Lipinski definition) is 2. The van der Waals surface area contributed by atoms with Gasteiger partial charge in [0.2, 0.25) is 5.91 Å². The molecule has 2 aliphatic rings. The second-order valence-corrected chi connectivity index (χ2v) is 8.52. The Morgan fingerprint density at radius 3 is 2.44 bits per heavy atom. The smallest absolute Gasteiger partial charge is 0.222 e. The van der Waals surface area contributed by atoms with Crippen molar-refractivity contribution < 1.29 is 4.79 Å². The van der Waals surface area contributed by atoms with Crippen molar-refractivity contribution in [2.45, 2.75) is 84.2 Å². The molecule has 2 heterocycles. The molecule has 27 heavy (non-hydrogen) atoms. The van der Waals surface area contributed by atoms with Gasteiger partial charge in [-0.15, -0.1) is 0 Å². The van der Waals surface area contributed by atoms with Gasteiger partial charge in [0, 0.05) is 37.6 Å². The van der Waals surface area contributed by atoms with Gasteiger partial charge in [-0.05, 0) is 66.0 Å². The number of carbonyl (C=O) groups is 1. The molecular weight excluding hydrogens is 338 g/mol. The first-order chi connectivity index (χ1) is 13.0. The SMILES string of the molecule is CCNC(=NCC(C)(C)N1CCCCC1)NCCC(CC)N1CCCC1=O. The molecule has 0 spiro atoms. The fraction of sp³-hybridized carbons (Fsp3) is 0.905. The van der Waals surface area contributed by atoms with E-state index in [0.717, 1.165) is 57.8 Å². The molecule has 0 aromatic carbocycles. The average Bonchev–Trinajstić information content (AvgIpc) is 3.10. The fourth-order valence-corrected chi connectivity index (χ4v) is 4.21. The van der Waals surface area contributed by atoms with Crippen LogP contribution in [0.3, 0.4) is 0 Å². The standard InChI is InChI=1S/C21H41N5O/c1-5-18(26-16-10-11-19(26)27)12-13-23-20(22-6-2)24-17-21(3,4)25-14-8-7-9-15-25/h18H,5-17H2,1-4H3,(H2,22,23,24). The van der Waals surface area contributed by atoms with E-state index < -0.39 is 0 Å². The van der Waals surface area contributed by atoms with Gasteiger partial charge in [-0.25, -0.2) is 0 Å². The van der Waals surface area contributed by atoms with Crippen molar-refractivity contribution in [2.75, 3.05) is 39.3 Å². The van der Waals surface area contributed by atoms with Gasteiger partial charge in [-0.3, -0.25) is 14.7 Å². The Bertz CT molecular complexity index is 485. The molecule has 6 heteroatoms. The molecule has 1 atom stereocenters. The van der Waals surface area contributed by atoms with Crippen molar-refractivity contribution in [3.05, 3.63) is 0 Å². The molecule has 1 amide bonds. The summed E-state index contributed by atoms with van der Waals surface area (Å²) in [7, 11) is 0. The van der Waals surface area contributed by atoms with E-state index in [1.54, 1.807) is 0 Å². The molecule has 0 aromatic heterocycles. The Balaban J connectivity index is 1.84. The summed E-state index contributed by atoms with van der Waals surface area (Å²) in [6.45, 7) is 14.7. The zero-order chi connectivity index (χ0) is 19.7. The predicted octanol–water partition coefficient (Wildman–Crippen LogP) is 2.60. The highest BCUT2D eigenvalue weighted by atomic mass is 16.2. The molecule has 2 aliphatic heterocycles. The minimum Gasteiger partial charge on any atom is -0.357 e. The van der Waals surface area contributed by atoms with E-state index in [2.05, 4.69) is 48.1 Å². The quantitative estimate of drug-likeness (QED) is 0.478. The third kappa shape index (κ3) is 6.66. The Morgan fingerprint density at radius 2 is 1.85 bits per heavy atom. The number of nitrogens with one attached hydrogen (secondary N) is 2. The summed E-state index contributed by atoms with van der Waals surface area (Å²) in [6, 6.07) is 0.347. The van der Waals surface area contributed by atoms with Crippen LogP contribution in [0.5, 0.6) is 0 Å². The van der Waals surface area contributed by atoms with Crippen LogP contribution in [0, 0.1) is 0 Å². The fourth-order valence-electron chi connectivity index (χ4n) is 4.21. The van der Waals surface area contributed by atoms with Gasteiger partial charge in [0.15, 0.2) is 5.96 Å². The maximum absolute atomic E-state index is 12.0. The van der Waals surface area contributed by atoms with Gasteiger partial charge in [-0.2, -0.15) is 0 Å². The summed E-state index contributed by atoms with van der Waals surface area (Å²) >= 11 is 0. The largest absolute Gasteiger partial charge is 0.357 e. The van der Waals surface area contributed by atoms with E-state index in [9.17, 15) is 4.79 Å². The van der Waals surface area contributed by atoms with Crippen LogP contribution in [0.2, 0.25) is 0 Å². The maximum Gasteiger partial charge on any atom is 0.222 e. The molecule has 1 unspecified atom stereocenters. The minimum absolute atomic E-state index is 0.0939. The highest BCUT2D eigenvalue weighted by Gasteiger charge is 2.28.